The number of carboxylic acid groups (broad SMARTS) is 1. The molecule has 0 aliphatic carbocycles. The SMILES string of the molecule is CC(C)OCCS(=O)(=O)Nc1nc(CCCC(=O)O)cs1. The first-order chi connectivity index (χ1) is 9.78. The van der Waals surface area contributed by atoms with E-state index in [-0.39, 0.29) is 24.9 Å². The van der Waals surface area contributed by atoms with Gasteiger partial charge < -0.3 is 9.84 Å². The van der Waals surface area contributed by atoms with Crippen molar-refractivity contribution in [2.75, 3.05) is 17.1 Å². The lowest BCUT2D eigenvalue weighted by Crippen LogP contribution is -2.21. The van der Waals surface area contributed by atoms with E-state index in [2.05, 4.69) is 9.71 Å². The third-order valence-electron chi connectivity index (χ3n) is 2.42. The van der Waals surface area contributed by atoms with Crippen LogP contribution in [0.3, 0.4) is 0 Å². The van der Waals surface area contributed by atoms with Crippen molar-refractivity contribution in [1.29, 1.82) is 0 Å². The van der Waals surface area contributed by atoms with E-state index in [1.165, 1.54) is 11.3 Å². The van der Waals surface area contributed by atoms with E-state index < -0.39 is 16.0 Å². The van der Waals surface area contributed by atoms with Gasteiger partial charge in [-0.15, -0.1) is 11.3 Å². The zero-order chi connectivity index (χ0) is 15.9. The fourth-order valence-electron chi connectivity index (χ4n) is 1.47. The molecule has 1 aromatic heterocycles. The number of thiazole rings is 1. The summed E-state index contributed by atoms with van der Waals surface area (Å²) in [5.74, 6) is -0.977. The van der Waals surface area contributed by atoms with Crippen LogP contribution in [0.15, 0.2) is 5.38 Å². The van der Waals surface area contributed by atoms with Gasteiger partial charge in [0, 0.05) is 11.8 Å². The van der Waals surface area contributed by atoms with Crippen molar-refractivity contribution in [2.45, 2.75) is 39.2 Å². The molecule has 0 spiro atoms. The van der Waals surface area contributed by atoms with Crippen LogP contribution in [-0.2, 0) is 26.0 Å². The van der Waals surface area contributed by atoms with Gasteiger partial charge in [-0.3, -0.25) is 9.52 Å². The van der Waals surface area contributed by atoms with Crippen LogP contribution in [0.4, 0.5) is 5.13 Å². The number of aliphatic carboxylic acids is 1. The van der Waals surface area contributed by atoms with Crippen molar-refractivity contribution in [3.8, 4) is 0 Å². The Morgan fingerprint density at radius 3 is 2.86 bits per heavy atom. The molecule has 0 aliphatic heterocycles. The van der Waals surface area contributed by atoms with E-state index in [1.807, 2.05) is 13.8 Å². The Labute approximate surface area is 128 Å². The summed E-state index contributed by atoms with van der Waals surface area (Å²) >= 11 is 1.19. The molecule has 0 saturated heterocycles. The predicted octanol–water partition coefficient (Wildman–Crippen LogP) is 1.72. The second-order valence-corrected chi connectivity index (χ2v) is 7.43. The van der Waals surface area contributed by atoms with E-state index in [9.17, 15) is 13.2 Å². The minimum atomic E-state index is -3.47. The van der Waals surface area contributed by atoms with Crippen LogP contribution in [0.2, 0.25) is 0 Å². The molecule has 0 unspecified atom stereocenters. The number of hydrogen-bond donors (Lipinski definition) is 2. The summed E-state index contributed by atoms with van der Waals surface area (Å²) in [6, 6.07) is 0. The number of aromatic nitrogens is 1. The molecule has 21 heavy (non-hydrogen) atoms. The Hall–Kier alpha value is -1.19. The van der Waals surface area contributed by atoms with E-state index >= 15 is 0 Å². The number of carboxylic acids is 1. The fraction of sp³-hybridized carbons (Fsp3) is 0.667. The molecule has 0 aliphatic rings. The number of aryl methyl sites for hydroxylation is 1. The molecular weight excluding hydrogens is 316 g/mol. The largest absolute Gasteiger partial charge is 0.481 e. The smallest absolute Gasteiger partial charge is 0.303 e. The lowest BCUT2D eigenvalue weighted by Gasteiger charge is -2.08. The average Bonchev–Trinajstić information content (AvgIpc) is 2.74. The topological polar surface area (TPSA) is 106 Å². The molecule has 0 fully saturated rings. The van der Waals surface area contributed by atoms with Crippen LogP contribution in [0.1, 0.15) is 32.4 Å². The van der Waals surface area contributed by atoms with Crippen LogP contribution in [0.5, 0.6) is 0 Å². The summed E-state index contributed by atoms with van der Waals surface area (Å²) in [6.45, 7) is 3.80. The van der Waals surface area contributed by atoms with Crippen molar-refractivity contribution < 1.29 is 23.1 Å². The maximum Gasteiger partial charge on any atom is 0.303 e. The van der Waals surface area contributed by atoms with Crippen molar-refractivity contribution in [1.82, 2.24) is 4.98 Å². The molecule has 120 valence electrons. The van der Waals surface area contributed by atoms with E-state index in [4.69, 9.17) is 9.84 Å². The number of hydrogen-bond acceptors (Lipinski definition) is 6. The van der Waals surface area contributed by atoms with Gasteiger partial charge in [0.15, 0.2) is 5.13 Å². The van der Waals surface area contributed by atoms with E-state index in [1.54, 1.807) is 5.38 Å². The molecule has 0 aromatic carbocycles. The molecule has 0 radical (unpaired) electrons. The van der Waals surface area contributed by atoms with Crippen LogP contribution >= 0.6 is 11.3 Å². The number of rotatable bonds is 10. The molecule has 1 aromatic rings. The maximum atomic E-state index is 11.8. The molecule has 0 amide bonds. The minimum absolute atomic E-state index is 0.0131. The summed E-state index contributed by atoms with van der Waals surface area (Å²) in [4.78, 5) is 14.5. The van der Waals surface area contributed by atoms with Crippen LogP contribution in [0.25, 0.3) is 0 Å². The van der Waals surface area contributed by atoms with Crippen molar-refractivity contribution in [3.63, 3.8) is 0 Å². The quantitative estimate of drug-likeness (QED) is 0.674. The highest BCUT2D eigenvalue weighted by atomic mass is 32.2. The highest BCUT2D eigenvalue weighted by molar-refractivity contribution is 7.92. The number of ether oxygens (including phenoxy) is 1. The highest BCUT2D eigenvalue weighted by Crippen LogP contribution is 2.18. The Kier molecular flexibility index (Phi) is 7.06. The lowest BCUT2D eigenvalue weighted by atomic mass is 10.2. The van der Waals surface area contributed by atoms with Crippen LogP contribution in [-0.4, -0.2) is 42.9 Å². The molecule has 7 nitrogen and oxygen atoms in total. The number of nitrogens with zero attached hydrogens (tertiary/aromatic N) is 1. The first-order valence-corrected chi connectivity index (χ1v) is 9.10. The maximum absolute atomic E-state index is 11.8. The second-order valence-electron chi connectivity index (χ2n) is 4.73. The average molecular weight is 336 g/mol. The Morgan fingerprint density at radius 1 is 1.52 bits per heavy atom. The van der Waals surface area contributed by atoms with Gasteiger partial charge in [-0.1, -0.05) is 0 Å². The number of nitrogens with one attached hydrogen (secondary N) is 1. The summed E-state index contributed by atoms with van der Waals surface area (Å²) in [7, 11) is -3.47. The summed E-state index contributed by atoms with van der Waals surface area (Å²) in [5.41, 5.74) is 0.692. The zero-order valence-corrected chi connectivity index (χ0v) is 13.7. The van der Waals surface area contributed by atoms with E-state index in [0.29, 0.717) is 23.7 Å². The van der Waals surface area contributed by atoms with Gasteiger partial charge >= 0.3 is 5.97 Å². The number of anilines is 1. The van der Waals surface area contributed by atoms with Crippen molar-refractivity contribution >= 4 is 32.5 Å². The summed E-state index contributed by atoms with van der Waals surface area (Å²) in [5, 5.41) is 10.6. The second kappa shape index (κ2) is 8.30. The van der Waals surface area contributed by atoms with Gasteiger partial charge in [0.05, 0.1) is 24.2 Å². The van der Waals surface area contributed by atoms with Gasteiger partial charge in [-0.25, -0.2) is 13.4 Å². The van der Waals surface area contributed by atoms with Gasteiger partial charge in [0.1, 0.15) is 0 Å². The molecular formula is C12H20N2O5S2. The zero-order valence-electron chi connectivity index (χ0n) is 12.0. The minimum Gasteiger partial charge on any atom is -0.481 e. The summed E-state index contributed by atoms with van der Waals surface area (Å²) in [6.07, 6.45) is 1.06. The van der Waals surface area contributed by atoms with Gasteiger partial charge in [-0.2, -0.15) is 0 Å². The van der Waals surface area contributed by atoms with Gasteiger partial charge in [0.2, 0.25) is 10.0 Å². The van der Waals surface area contributed by atoms with Crippen LogP contribution < -0.4 is 4.72 Å². The van der Waals surface area contributed by atoms with Crippen LogP contribution in [0, 0.1) is 0 Å². The first kappa shape index (κ1) is 17.9. The molecule has 9 heteroatoms. The highest BCUT2D eigenvalue weighted by Gasteiger charge is 2.13. The molecule has 1 rings (SSSR count). The third-order valence-corrected chi connectivity index (χ3v) is 4.57. The Balaban J connectivity index is 2.43. The van der Waals surface area contributed by atoms with E-state index in [0.717, 1.165) is 0 Å². The molecule has 1 heterocycles. The number of sulfonamides is 1. The van der Waals surface area contributed by atoms with Gasteiger partial charge in [-0.05, 0) is 26.7 Å². The fourth-order valence-corrected chi connectivity index (χ4v) is 3.36. The predicted molar refractivity (Wildman–Crippen MR) is 81.2 cm³/mol. The Bertz CT molecular complexity index is 554. The first-order valence-electron chi connectivity index (χ1n) is 6.57. The molecule has 0 bridgehead atoms. The monoisotopic (exact) mass is 336 g/mol. The lowest BCUT2D eigenvalue weighted by molar-refractivity contribution is -0.137. The summed E-state index contributed by atoms with van der Waals surface area (Å²) < 4.78 is 31.2. The van der Waals surface area contributed by atoms with Crippen molar-refractivity contribution in [2.24, 2.45) is 0 Å². The normalized spacial score (nSPS) is 11.8. The standard InChI is InChI=1S/C12H20N2O5S2/c1-9(2)19-6-7-21(17,18)14-12-13-10(8-20-12)4-3-5-11(15)16/h8-9H,3-7H2,1-2H3,(H,13,14)(H,15,16). The molecule has 0 atom stereocenters. The number of carbonyl (C=O) groups is 1. The molecule has 2 N–H and O–H groups in total. The van der Waals surface area contributed by atoms with Gasteiger partial charge in [0.25, 0.3) is 0 Å². The Morgan fingerprint density at radius 2 is 2.24 bits per heavy atom. The molecule has 0 saturated carbocycles. The third kappa shape index (κ3) is 7.98. The van der Waals surface area contributed by atoms with Crippen molar-refractivity contribution in [3.05, 3.63) is 11.1 Å².